The van der Waals surface area contributed by atoms with Gasteiger partial charge in [0.05, 0.1) is 5.56 Å². The molecule has 0 bridgehead atoms. The molecule has 0 fully saturated rings. The van der Waals surface area contributed by atoms with Crippen molar-refractivity contribution in [3.63, 3.8) is 0 Å². The first-order chi connectivity index (χ1) is 19.0. The second-order valence-electron chi connectivity index (χ2n) is 9.89. The van der Waals surface area contributed by atoms with Crippen molar-refractivity contribution >= 4 is 22.4 Å². The van der Waals surface area contributed by atoms with Crippen LogP contribution in [-0.4, -0.2) is 10.4 Å². The highest BCUT2D eigenvalue weighted by atomic mass is 16.5. The smallest absolute Gasteiger partial charge is 0.161 e. The fourth-order valence-electron chi connectivity index (χ4n) is 4.59. The quantitative estimate of drug-likeness (QED) is 0.0937. The van der Waals surface area contributed by atoms with Crippen LogP contribution in [0.25, 0.3) is 10.9 Å². The molecule has 0 amide bonds. The van der Waals surface area contributed by atoms with E-state index in [1.54, 1.807) is 0 Å². The van der Waals surface area contributed by atoms with E-state index in [2.05, 4.69) is 65.2 Å². The van der Waals surface area contributed by atoms with Crippen LogP contribution in [0.4, 0.5) is 5.69 Å². The van der Waals surface area contributed by atoms with E-state index in [0.29, 0.717) is 24.8 Å². The molecular weight excluding hydrogens is 484 g/mol. The highest BCUT2D eigenvalue weighted by Crippen LogP contribution is 2.35. The normalized spacial score (nSPS) is 11.6. The largest absolute Gasteiger partial charge is 0.488 e. The van der Waals surface area contributed by atoms with E-state index in [4.69, 9.17) is 15.3 Å². The second kappa shape index (κ2) is 11.8. The maximum atomic E-state index is 6.39. The predicted octanol–water partition coefficient (Wildman–Crippen LogP) is 7.19. The molecule has 0 unspecified atom stereocenters. The SMILES string of the molecule is CC(C)c1cc(/C(=N/N)Nc2ccc3c(ccn3C)c2)c(OCc2ccccc2)cc1OCc1ccccc1. The Kier molecular flexibility index (Phi) is 7.83. The fraction of sp³-hybridized carbons (Fsp3) is 0.182. The zero-order valence-electron chi connectivity index (χ0n) is 22.6. The van der Waals surface area contributed by atoms with Crippen LogP contribution in [-0.2, 0) is 20.3 Å². The summed E-state index contributed by atoms with van der Waals surface area (Å²) in [6.45, 7) is 5.16. The van der Waals surface area contributed by atoms with E-state index in [1.165, 1.54) is 0 Å². The van der Waals surface area contributed by atoms with Gasteiger partial charge in [-0.2, -0.15) is 5.10 Å². The van der Waals surface area contributed by atoms with Crippen LogP contribution in [0, 0.1) is 0 Å². The second-order valence-corrected chi connectivity index (χ2v) is 9.89. The number of aromatic nitrogens is 1. The Labute approximate surface area is 229 Å². The number of hydrazone groups is 1. The minimum atomic E-state index is 0.206. The molecular formula is C33H34N4O2. The molecule has 0 radical (unpaired) electrons. The molecule has 1 heterocycles. The molecule has 198 valence electrons. The Morgan fingerprint density at radius 3 is 2.08 bits per heavy atom. The molecule has 4 aromatic carbocycles. The van der Waals surface area contributed by atoms with Gasteiger partial charge in [-0.25, -0.2) is 0 Å². The van der Waals surface area contributed by atoms with Gasteiger partial charge in [-0.1, -0.05) is 74.5 Å². The van der Waals surface area contributed by atoms with Crippen LogP contribution in [0.5, 0.6) is 11.5 Å². The predicted molar refractivity (Wildman–Crippen MR) is 159 cm³/mol. The Bertz CT molecular complexity index is 1570. The number of ether oxygens (including phenoxy) is 2. The summed E-state index contributed by atoms with van der Waals surface area (Å²) in [5.41, 5.74) is 6.04. The summed E-state index contributed by atoms with van der Waals surface area (Å²) < 4.78 is 14.8. The van der Waals surface area contributed by atoms with Crippen molar-refractivity contribution < 1.29 is 9.47 Å². The number of nitrogens with zero attached hydrogens (tertiary/aromatic N) is 2. The molecule has 6 nitrogen and oxygen atoms in total. The lowest BCUT2D eigenvalue weighted by atomic mass is 9.98. The minimum Gasteiger partial charge on any atom is -0.488 e. The Morgan fingerprint density at radius 1 is 0.821 bits per heavy atom. The van der Waals surface area contributed by atoms with Gasteiger partial charge in [0.25, 0.3) is 0 Å². The highest BCUT2D eigenvalue weighted by molar-refractivity contribution is 6.10. The number of fused-ring (bicyclic) bond motifs is 1. The number of anilines is 1. The van der Waals surface area contributed by atoms with E-state index in [9.17, 15) is 0 Å². The molecule has 0 saturated carbocycles. The zero-order chi connectivity index (χ0) is 27.2. The summed E-state index contributed by atoms with van der Waals surface area (Å²) in [4.78, 5) is 0. The van der Waals surface area contributed by atoms with Crippen molar-refractivity contribution in [2.45, 2.75) is 33.0 Å². The number of hydrogen-bond acceptors (Lipinski definition) is 4. The van der Waals surface area contributed by atoms with Gasteiger partial charge in [-0.3, -0.25) is 0 Å². The van der Waals surface area contributed by atoms with Crippen molar-refractivity contribution in [1.29, 1.82) is 0 Å². The van der Waals surface area contributed by atoms with Crippen molar-refractivity contribution in [3.05, 3.63) is 126 Å². The van der Waals surface area contributed by atoms with Crippen molar-refractivity contribution in [2.75, 3.05) is 5.32 Å². The first-order valence-electron chi connectivity index (χ1n) is 13.1. The van der Waals surface area contributed by atoms with Gasteiger partial charge in [0.15, 0.2) is 5.84 Å². The average molecular weight is 519 g/mol. The number of nitrogens with one attached hydrogen (secondary N) is 1. The van der Waals surface area contributed by atoms with Crippen LogP contribution in [0.1, 0.15) is 42.0 Å². The third kappa shape index (κ3) is 6.07. The van der Waals surface area contributed by atoms with E-state index in [0.717, 1.165) is 44.6 Å². The third-order valence-corrected chi connectivity index (χ3v) is 6.74. The Hall–Kier alpha value is -4.71. The van der Waals surface area contributed by atoms with Gasteiger partial charge >= 0.3 is 0 Å². The third-order valence-electron chi connectivity index (χ3n) is 6.74. The first kappa shape index (κ1) is 25.9. The van der Waals surface area contributed by atoms with E-state index < -0.39 is 0 Å². The maximum absolute atomic E-state index is 6.39. The zero-order valence-corrected chi connectivity index (χ0v) is 22.6. The summed E-state index contributed by atoms with van der Waals surface area (Å²) in [6, 6.07) is 32.6. The minimum absolute atomic E-state index is 0.206. The van der Waals surface area contributed by atoms with Gasteiger partial charge in [-0.05, 0) is 52.9 Å². The molecule has 0 saturated heterocycles. The molecule has 0 aliphatic rings. The molecule has 5 rings (SSSR count). The lowest BCUT2D eigenvalue weighted by molar-refractivity contribution is 0.287. The molecule has 0 aliphatic heterocycles. The topological polar surface area (TPSA) is 73.8 Å². The van der Waals surface area contributed by atoms with Gasteiger partial charge in [-0.15, -0.1) is 0 Å². The van der Waals surface area contributed by atoms with Crippen LogP contribution >= 0.6 is 0 Å². The lowest BCUT2D eigenvalue weighted by Gasteiger charge is -2.21. The van der Waals surface area contributed by atoms with Crippen molar-refractivity contribution in [1.82, 2.24) is 4.57 Å². The lowest BCUT2D eigenvalue weighted by Crippen LogP contribution is -2.18. The molecule has 6 heteroatoms. The number of hydrogen-bond donors (Lipinski definition) is 2. The standard InChI is InChI=1S/C33H34N4O2/c1-23(2)28-19-29(33(36-34)35-27-14-15-30-26(18-27)16-17-37(30)3)32(39-22-25-12-8-5-9-13-25)20-31(28)38-21-24-10-6-4-7-11-24/h4-20,23H,21-22,34H2,1-3H3,(H,35,36). The molecule has 0 spiro atoms. The summed E-state index contributed by atoms with van der Waals surface area (Å²) in [5, 5.41) is 8.71. The number of benzene rings is 4. The highest BCUT2D eigenvalue weighted by Gasteiger charge is 2.19. The Balaban J connectivity index is 1.51. The molecule has 0 aliphatic carbocycles. The van der Waals surface area contributed by atoms with Gasteiger partial charge in [0, 0.05) is 35.9 Å². The molecule has 3 N–H and O–H groups in total. The van der Waals surface area contributed by atoms with Gasteiger partial charge in [0.1, 0.15) is 24.7 Å². The van der Waals surface area contributed by atoms with E-state index in [1.807, 2.05) is 73.9 Å². The number of aryl methyl sites for hydroxylation is 1. The van der Waals surface area contributed by atoms with Crippen LogP contribution < -0.4 is 20.6 Å². The summed E-state index contributed by atoms with van der Waals surface area (Å²) >= 11 is 0. The molecule has 1 aromatic heterocycles. The number of amidine groups is 1. The molecule has 0 atom stereocenters. The number of rotatable bonds is 9. The molecule has 39 heavy (non-hydrogen) atoms. The van der Waals surface area contributed by atoms with E-state index in [-0.39, 0.29) is 5.92 Å². The van der Waals surface area contributed by atoms with Crippen LogP contribution in [0.3, 0.4) is 0 Å². The van der Waals surface area contributed by atoms with Gasteiger partial charge < -0.3 is 25.2 Å². The summed E-state index contributed by atoms with van der Waals surface area (Å²) in [7, 11) is 2.04. The first-order valence-corrected chi connectivity index (χ1v) is 13.1. The average Bonchev–Trinajstić information content (AvgIpc) is 3.34. The summed E-state index contributed by atoms with van der Waals surface area (Å²) in [6.07, 6.45) is 2.05. The molecule has 5 aromatic rings. The monoisotopic (exact) mass is 518 g/mol. The van der Waals surface area contributed by atoms with Crippen LogP contribution in [0.2, 0.25) is 0 Å². The van der Waals surface area contributed by atoms with Gasteiger partial charge in [0.2, 0.25) is 0 Å². The van der Waals surface area contributed by atoms with Crippen molar-refractivity contribution in [3.8, 4) is 11.5 Å². The van der Waals surface area contributed by atoms with Crippen molar-refractivity contribution in [2.24, 2.45) is 18.0 Å². The maximum Gasteiger partial charge on any atom is 0.161 e. The number of nitrogens with two attached hydrogens (primary N) is 1. The fourth-order valence-corrected chi connectivity index (χ4v) is 4.59. The Morgan fingerprint density at radius 2 is 1.46 bits per heavy atom. The summed E-state index contributed by atoms with van der Waals surface area (Å²) in [5.74, 6) is 8.13. The van der Waals surface area contributed by atoms with Crippen LogP contribution in [0.15, 0.2) is 108 Å². The van der Waals surface area contributed by atoms with E-state index >= 15 is 0 Å².